The van der Waals surface area contributed by atoms with Crippen LogP contribution >= 0.6 is 0 Å². The Bertz CT molecular complexity index is 1690. The van der Waals surface area contributed by atoms with E-state index in [9.17, 15) is 18.4 Å². The minimum atomic E-state index is -1.08. The molecule has 186 valence electrons. The van der Waals surface area contributed by atoms with Crippen LogP contribution in [0.1, 0.15) is 32.0 Å². The van der Waals surface area contributed by atoms with E-state index in [-0.39, 0.29) is 28.6 Å². The molecule has 0 atom stereocenters. The Hall–Kier alpha value is -4.99. The zero-order valence-corrected chi connectivity index (χ0v) is 19.7. The van der Waals surface area contributed by atoms with Crippen LogP contribution in [-0.4, -0.2) is 33.6 Å². The molecule has 0 amide bonds. The van der Waals surface area contributed by atoms with Gasteiger partial charge in [-0.05, 0) is 61.0 Å². The van der Waals surface area contributed by atoms with Gasteiger partial charge < -0.3 is 20.2 Å². The Labute approximate surface area is 209 Å². The average Bonchev–Trinajstić information content (AvgIpc) is 3.50. The number of nitrogens with zero attached hydrogens (tertiary/aromatic N) is 2. The van der Waals surface area contributed by atoms with Crippen molar-refractivity contribution in [1.29, 1.82) is 0 Å². The molecule has 0 aliphatic rings. The van der Waals surface area contributed by atoms with Crippen molar-refractivity contribution >= 4 is 28.5 Å². The summed E-state index contributed by atoms with van der Waals surface area (Å²) in [4.78, 5) is 28.4. The van der Waals surface area contributed by atoms with Gasteiger partial charge in [-0.15, -0.1) is 0 Å². The van der Waals surface area contributed by atoms with Crippen molar-refractivity contribution < 1.29 is 27.8 Å². The van der Waals surface area contributed by atoms with Crippen molar-refractivity contribution in [2.24, 2.45) is 0 Å². The molecule has 0 spiro atoms. The van der Waals surface area contributed by atoms with Crippen molar-refractivity contribution in [3.05, 3.63) is 101 Å². The fraction of sp³-hybridized carbons (Fsp3) is 0.0741. The van der Waals surface area contributed by atoms with E-state index in [4.69, 9.17) is 15.2 Å². The Kier molecular flexibility index (Phi) is 5.92. The minimum Gasteiger partial charge on any atom is -0.465 e. The Morgan fingerprint density at radius 3 is 2.57 bits per heavy atom. The molecule has 0 aliphatic heterocycles. The maximum absolute atomic E-state index is 14.0. The van der Waals surface area contributed by atoms with Crippen molar-refractivity contribution in [2.45, 2.75) is 6.92 Å². The van der Waals surface area contributed by atoms with Gasteiger partial charge in [0, 0.05) is 10.9 Å². The maximum atomic E-state index is 14.0. The first-order chi connectivity index (χ1) is 17.8. The number of nitrogens with one attached hydrogen (secondary N) is 1. The summed E-state index contributed by atoms with van der Waals surface area (Å²) < 4.78 is 39.2. The smallest absolute Gasteiger partial charge is 0.338 e. The van der Waals surface area contributed by atoms with Gasteiger partial charge in [-0.1, -0.05) is 12.1 Å². The number of H-pyrrole nitrogens is 1. The van der Waals surface area contributed by atoms with Crippen LogP contribution in [-0.2, 0) is 4.74 Å². The molecule has 10 heteroatoms. The number of benzene rings is 3. The van der Waals surface area contributed by atoms with Gasteiger partial charge in [0.15, 0.2) is 11.6 Å². The third kappa shape index (κ3) is 4.18. The normalized spacial score (nSPS) is 11.0. The summed E-state index contributed by atoms with van der Waals surface area (Å²) >= 11 is 0. The molecule has 0 unspecified atom stereocenters. The number of carbonyl (C=O) groups is 2. The average molecular weight is 502 g/mol. The lowest BCUT2D eigenvalue weighted by molar-refractivity contribution is 0.0603. The third-order valence-electron chi connectivity index (χ3n) is 5.91. The number of carbonyl (C=O) groups excluding carboxylic acids is 2. The van der Waals surface area contributed by atoms with Gasteiger partial charge in [0.25, 0.3) is 0 Å². The lowest BCUT2D eigenvalue weighted by Crippen LogP contribution is -2.08. The van der Waals surface area contributed by atoms with Crippen LogP contribution in [0.25, 0.3) is 16.6 Å². The number of ketones is 1. The summed E-state index contributed by atoms with van der Waals surface area (Å²) in [5.41, 5.74) is 8.85. The second-order valence-electron chi connectivity index (χ2n) is 8.23. The molecule has 2 heterocycles. The molecule has 0 aliphatic carbocycles. The number of esters is 1. The highest BCUT2D eigenvalue weighted by Gasteiger charge is 2.22. The number of anilines is 1. The number of nitrogen functional groups attached to an aromatic ring is 1. The minimum absolute atomic E-state index is 0.102. The summed E-state index contributed by atoms with van der Waals surface area (Å²) in [5, 5.41) is 4.82. The number of halogens is 2. The van der Waals surface area contributed by atoms with Gasteiger partial charge in [0.05, 0.1) is 35.8 Å². The zero-order valence-electron chi connectivity index (χ0n) is 19.7. The molecular weight excluding hydrogens is 482 g/mol. The molecule has 0 radical (unpaired) electrons. The molecule has 37 heavy (non-hydrogen) atoms. The highest BCUT2D eigenvalue weighted by atomic mass is 19.2. The first kappa shape index (κ1) is 23.7. The number of methoxy groups -OCH3 is 1. The van der Waals surface area contributed by atoms with Gasteiger partial charge in [0.2, 0.25) is 11.6 Å². The monoisotopic (exact) mass is 502 g/mol. The molecule has 2 aromatic heterocycles. The maximum Gasteiger partial charge on any atom is 0.338 e. The van der Waals surface area contributed by atoms with Crippen LogP contribution in [0.4, 0.5) is 14.6 Å². The molecule has 8 nitrogen and oxygen atoms in total. The van der Waals surface area contributed by atoms with Crippen LogP contribution < -0.4 is 10.5 Å². The van der Waals surface area contributed by atoms with E-state index in [2.05, 4.69) is 10.1 Å². The molecule has 5 rings (SSSR count). The van der Waals surface area contributed by atoms with Crippen LogP contribution in [0.15, 0.2) is 66.9 Å². The van der Waals surface area contributed by atoms with Gasteiger partial charge in [0.1, 0.15) is 11.6 Å². The molecule has 3 aromatic carbocycles. The van der Waals surface area contributed by atoms with Crippen LogP contribution in [0.5, 0.6) is 11.5 Å². The second-order valence-corrected chi connectivity index (χ2v) is 8.23. The van der Waals surface area contributed by atoms with E-state index in [1.165, 1.54) is 30.1 Å². The van der Waals surface area contributed by atoms with Gasteiger partial charge in [-0.2, -0.15) is 9.49 Å². The van der Waals surface area contributed by atoms with E-state index < -0.39 is 23.4 Å². The first-order valence-corrected chi connectivity index (χ1v) is 11.1. The number of hydrogen-bond donors (Lipinski definition) is 2. The van der Waals surface area contributed by atoms with E-state index in [0.29, 0.717) is 27.7 Å². The number of nitrogens with two attached hydrogens (primary N) is 1. The van der Waals surface area contributed by atoms with Gasteiger partial charge in [-0.3, -0.25) is 4.79 Å². The topological polar surface area (TPSA) is 112 Å². The standard InChI is InChI=1S/C27H20F2N4O4/c1-14-11-15(37-23-8-4-6-19(28)24(23)29)9-10-22(14)33-26(30)18(13-31-33)25(34)21-12-17-16(27(35)36-2)5-3-7-20(17)32-21/h3-13,32H,30H2,1-2H3. The Morgan fingerprint density at radius 1 is 1.03 bits per heavy atom. The number of aromatic amines is 1. The number of fused-ring (bicyclic) bond motifs is 1. The van der Waals surface area contributed by atoms with Crippen molar-refractivity contribution in [1.82, 2.24) is 14.8 Å². The molecule has 0 bridgehead atoms. The summed E-state index contributed by atoms with van der Waals surface area (Å²) in [6.07, 6.45) is 1.36. The molecule has 5 aromatic rings. The predicted molar refractivity (Wildman–Crippen MR) is 132 cm³/mol. The number of hydrogen-bond acceptors (Lipinski definition) is 6. The highest BCUT2D eigenvalue weighted by molar-refractivity contribution is 6.14. The zero-order chi connectivity index (χ0) is 26.3. The summed E-state index contributed by atoms with van der Waals surface area (Å²) in [6, 6.07) is 15.1. The van der Waals surface area contributed by atoms with Gasteiger partial charge in [-0.25, -0.2) is 13.9 Å². The predicted octanol–water partition coefficient (Wildman–Crippen LogP) is 5.33. The van der Waals surface area contributed by atoms with Crippen LogP contribution in [0, 0.1) is 18.6 Å². The van der Waals surface area contributed by atoms with E-state index in [0.717, 1.165) is 6.07 Å². The fourth-order valence-corrected chi connectivity index (χ4v) is 4.05. The molecule has 0 fully saturated rings. The molecular formula is C27H20F2N4O4. The largest absolute Gasteiger partial charge is 0.465 e. The van der Waals surface area contributed by atoms with E-state index in [1.54, 1.807) is 49.4 Å². The lowest BCUT2D eigenvalue weighted by Gasteiger charge is -2.12. The van der Waals surface area contributed by atoms with E-state index in [1.807, 2.05) is 0 Å². The van der Waals surface area contributed by atoms with Crippen molar-refractivity contribution in [3.63, 3.8) is 0 Å². The fourth-order valence-electron chi connectivity index (χ4n) is 4.05. The molecule has 3 N–H and O–H groups in total. The summed E-state index contributed by atoms with van der Waals surface area (Å²) in [7, 11) is 1.29. The van der Waals surface area contributed by atoms with Crippen LogP contribution in [0.2, 0.25) is 0 Å². The van der Waals surface area contributed by atoms with E-state index >= 15 is 0 Å². The molecule has 0 saturated heterocycles. The summed E-state index contributed by atoms with van der Waals surface area (Å²) in [6.45, 7) is 1.76. The number of rotatable bonds is 6. The number of aromatic nitrogens is 3. The van der Waals surface area contributed by atoms with Crippen molar-refractivity contribution in [2.75, 3.05) is 12.8 Å². The number of aryl methyl sites for hydroxylation is 1. The first-order valence-electron chi connectivity index (χ1n) is 11.1. The second kappa shape index (κ2) is 9.23. The Balaban J connectivity index is 1.45. The van der Waals surface area contributed by atoms with Crippen molar-refractivity contribution in [3.8, 4) is 17.2 Å². The Morgan fingerprint density at radius 2 is 1.81 bits per heavy atom. The third-order valence-corrected chi connectivity index (χ3v) is 5.91. The number of ether oxygens (including phenoxy) is 2. The lowest BCUT2D eigenvalue weighted by atomic mass is 10.1. The SMILES string of the molecule is COC(=O)c1cccc2[nH]c(C(=O)c3cnn(-c4ccc(Oc5cccc(F)c5F)cc4C)c3N)cc12. The highest BCUT2D eigenvalue weighted by Crippen LogP contribution is 2.30. The van der Waals surface area contributed by atoms with Crippen LogP contribution in [0.3, 0.4) is 0 Å². The summed E-state index contributed by atoms with van der Waals surface area (Å²) in [5.74, 6) is -2.87. The van der Waals surface area contributed by atoms with Gasteiger partial charge >= 0.3 is 5.97 Å². The quantitative estimate of drug-likeness (QED) is 0.240. The molecule has 0 saturated carbocycles.